The van der Waals surface area contributed by atoms with E-state index in [1.807, 2.05) is 19.1 Å². The number of furan rings is 1. The number of rotatable bonds is 5. The van der Waals surface area contributed by atoms with Crippen LogP contribution in [-0.4, -0.2) is 29.9 Å². The Bertz CT molecular complexity index is 419. The number of hydrogen-bond acceptors (Lipinski definition) is 3. The molecule has 3 rings (SSSR count). The zero-order valence-electron chi connectivity index (χ0n) is 11.5. The highest BCUT2D eigenvalue weighted by Crippen LogP contribution is 2.37. The van der Waals surface area contributed by atoms with Crippen LogP contribution < -0.4 is 5.32 Å². The van der Waals surface area contributed by atoms with Crippen molar-refractivity contribution in [3.8, 4) is 0 Å². The lowest BCUT2D eigenvalue weighted by molar-refractivity contribution is -0.127. The molecular formula is C15H22N2O2. The summed E-state index contributed by atoms with van der Waals surface area (Å²) in [6.45, 7) is 4.12. The number of carbonyl (C=O) groups excluding carboxylic acids is 1. The largest absolute Gasteiger partial charge is 0.467 e. The highest BCUT2D eigenvalue weighted by Gasteiger charge is 2.41. The Morgan fingerprint density at radius 3 is 2.74 bits per heavy atom. The Morgan fingerprint density at radius 2 is 2.16 bits per heavy atom. The summed E-state index contributed by atoms with van der Waals surface area (Å²) in [6.07, 6.45) is 6.50. The van der Waals surface area contributed by atoms with E-state index >= 15 is 0 Å². The van der Waals surface area contributed by atoms with Gasteiger partial charge in [0.15, 0.2) is 0 Å². The van der Waals surface area contributed by atoms with Crippen molar-refractivity contribution in [3.05, 3.63) is 24.2 Å². The van der Waals surface area contributed by atoms with E-state index < -0.39 is 0 Å². The van der Waals surface area contributed by atoms with Gasteiger partial charge in [-0.05, 0) is 63.7 Å². The van der Waals surface area contributed by atoms with Gasteiger partial charge in [0.05, 0.1) is 18.3 Å². The standard InChI is InChI=1S/C15H22N2O2/c1-11(13-5-4-10-19-13)16-15(18)14(12-6-7-12)17-8-2-3-9-17/h4-5,10-12,14H,2-3,6-9H2,1H3,(H,16,18)/t11-,14+/m0/s1. The van der Waals surface area contributed by atoms with Gasteiger partial charge in [-0.25, -0.2) is 0 Å². The highest BCUT2D eigenvalue weighted by atomic mass is 16.3. The van der Waals surface area contributed by atoms with Gasteiger partial charge in [-0.15, -0.1) is 0 Å². The van der Waals surface area contributed by atoms with Crippen LogP contribution in [0, 0.1) is 5.92 Å². The summed E-state index contributed by atoms with van der Waals surface area (Å²) in [5, 5.41) is 3.11. The van der Waals surface area contributed by atoms with Crippen molar-refractivity contribution in [1.29, 1.82) is 0 Å². The molecule has 0 spiro atoms. The van der Waals surface area contributed by atoms with Gasteiger partial charge in [0, 0.05) is 0 Å². The molecule has 1 N–H and O–H groups in total. The minimum atomic E-state index is -0.0497. The molecule has 0 unspecified atom stereocenters. The molecular weight excluding hydrogens is 240 g/mol. The van der Waals surface area contributed by atoms with Gasteiger partial charge >= 0.3 is 0 Å². The van der Waals surface area contributed by atoms with Crippen molar-refractivity contribution in [3.63, 3.8) is 0 Å². The van der Waals surface area contributed by atoms with Crippen LogP contribution in [0.25, 0.3) is 0 Å². The maximum absolute atomic E-state index is 12.5. The fraction of sp³-hybridized carbons (Fsp3) is 0.667. The number of nitrogens with one attached hydrogen (secondary N) is 1. The lowest BCUT2D eigenvalue weighted by atomic mass is 10.1. The first-order valence-corrected chi connectivity index (χ1v) is 7.33. The second-order valence-corrected chi connectivity index (χ2v) is 5.77. The van der Waals surface area contributed by atoms with Crippen LogP contribution in [0.4, 0.5) is 0 Å². The summed E-state index contributed by atoms with van der Waals surface area (Å²) in [4.78, 5) is 14.9. The molecule has 2 heterocycles. The minimum absolute atomic E-state index is 0.0497. The molecule has 1 saturated heterocycles. The highest BCUT2D eigenvalue weighted by molar-refractivity contribution is 5.82. The maximum Gasteiger partial charge on any atom is 0.238 e. The van der Waals surface area contributed by atoms with Crippen LogP contribution in [0.15, 0.2) is 22.8 Å². The molecule has 1 amide bonds. The summed E-state index contributed by atoms with van der Waals surface area (Å²) >= 11 is 0. The van der Waals surface area contributed by atoms with E-state index in [1.54, 1.807) is 6.26 Å². The Balaban J connectivity index is 1.63. The summed E-state index contributed by atoms with van der Waals surface area (Å²) in [5.74, 6) is 1.57. The van der Waals surface area contributed by atoms with Crippen molar-refractivity contribution in [2.45, 2.75) is 44.7 Å². The van der Waals surface area contributed by atoms with E-state index in [0.717, 1.165) is 18.8 Å². The van der Waals surface area contributed by atoms with Gasteiger partial charge in [-0.3, -0.25) is 9.69 Å². The molecule has 1 aromatic rings. The monoisotopic (exact) mass is 262 g/mol. The first-order valence-electron chi connectivity index (χ1n) is 7.33. The Kier molecular flexibility index (Phi) is 3.60. The van der Waals surface area contributed by atoms with E-state index in [2.05, 4.69) is 10.2 Å². The van der Waals surface area contributed by atoms with Gasteiger partial charge in [-0.2, -0.15) is 0 Å². The molecule has 19 heavy (non-hydrogen) atoms. The molecule has 104 valence electrons. The van der Waals surface area contributed by atoms with Gasteiger partial charge in [-0.1, -0.05) is 0 Å². The van der Waals surface area contributed by atoms with Gasteiger partial charge in [0.25, 0.3) is 0 Å². The second kappa shape index (κ2) is 5.37. The molecule has 1 aliphatic carbocycles. The van der Waals surface area contributed by atoms with Crippen LogP contribution >= 0.6 is 0 Å². The Labute approximate surface area is 114 Å². The lowest BCUT2D eigenvalue weighted by Crippen LogP contribution is -2.47. The van der Waals surface area contributed by atoms with E-state index in [-0.39, 0.29) is 18.0 Å². The third kappa shape index (κ3) is 2.84. The fourth-order valence-electron chi connectivity index (χ4n) is 3.02. The van der Waals surface area contributed by atoms with Crippen LogP contribution in [0.2, 0.25) is 0 Å². The molecule has 1 saturated carbocycles. The van der Waals surface area contributed by atoms with E-state index in [4.69, 9.17) is 4.42 Å². The number of amides is 1. The molecule has 2 fully saturated rings. The smallest absolute Gasteiger partial charge is 0.238 e. The van der Waals surface area contributed by atoms with E-state index in [9.17, 15) is 4.79 Å². The number of carbonyl (C=O) groups is 1. The normalized spacial score (nSPS) is 23.2. The maximum atomic E-state index is 12.5. The summed E-state index contributed by atoms with van der Waals surface area (Å²) in [7, 11) is 0. The fourth-order valence-corrected chi connectivity index (χ4v) is 3.02. The van der Waals surface area contributed by atoms with Crippen molar-refractivity contribution in [2.24, 2.45) is 5.92 Å². The summed E-state index contributed by atoms with van der Waals surface area (Å²) in [6, 6.07) is 3.80. The first-order chi connectivity index (χ1) is 9.25. The number of likely N-dealkylation sites (tertiary alicyclic amines) is 1. The molecule has 0 radical (unpaired) electrons. The predicted octanol–water partition coefficient (Wildman–Crippen LogP) is 2.33. The molecule has 2 aliphatic rings. The molecule has 0 aromatic carbocycles. The second-order valence-electron chi connectivity index (χ2n) is 5.77. The average Bonchev–Trinajstić information content (AvgIpc) is 2.89. The SMILES string of the molecule is C[C@H](NC(=O)[C@@H](C1CC1)N1CCCC1)c1ccco1. The third-order valence-corrected chi connectivity index (χ3v) is 4.20. The molecule has 4 heteroatoms. The average molecular weight is 262 g/mol. The van der Waals surface area contributed by atoms with Crippen LogP contribution in [0.1, 0.15) is 44.4 Å². The van der Waals surface area contributed by atoms with Gasteiger partial charge < -0.3 is 9.73 Å². The van der Waals surface area contributed by atoms with Crippen molar-refractivity contribution in [1.82, 2.24) is 10.2 Å². The topological polar surface area (TPSA) is 45.5 Å². The summed E-state index contributed by atoms with van der Waals surface area (Å²) in [5.41, 5.74) is 0. The molecule has 2 atom stereocenters. The molecule has 0 bridgehead atoms. The molecule has 4 nitrogen and oxygen atoms in total. The Hall–Kier alpha value is -1.29. The van der Waals surface area contributed by atoms with Crippen LogP contribution in [0.3, 0.4) is 0 Å². The van der Waals surface area contributed by atoms with Crippen molar-refractivity contribution >= 4 is 5.91 Å². The van der Waals surface area contributed by atoms with Gasteiger partial charge in [0.2, 0.25) is 5.91 Å². The number of nitrogens with zero attached hydrogens (tertiary/aromatic N) is 1. The van der Waals surface area contributed by atoms with Crippen LogP contribution in [-0.2, 0) is 4.79 Å². The minimum Gasteiger partial charge on any atom is -0.467 e. The molecule has 1 aliphatic heterocycles. The zero-order chi connectivity index (χ0) is 13.2. The predicted molar refractivity (Wildman–Crippen MR) is 72.6 cm³/mol. The van der Waals surface area contributed by atoms with Gasteiger partial charge in [0.1, 0.15) is 5.76 Å². The summed E-state index contributed by atoms with van der Waals surface area (Å²) < 4.78 is 5.35. The third-order valence-electron chi connectivity index (χ3n) is 4.20. The quantitative estimate of drug-likeness (QED) is 0.886. The van der Waals surface area contributed by atoms with E-state index in [1.165, 1.54) is 25.7 Å². The Morgan fingerprint density at radius 1 is 1.42 bits per heavy atom. The van der Waals surface area contributed by atoms with Crippen molar-refractivity contribution in [2.75, 3.05) is 13.1 Å². The van der Waals surface area contributed by atoms with Crippen molar-refractivity contribution < 1.29 is 9.21 Å². The zero-order valence-corrected chi connectivity index (χ0v) is 11.5. The van der Waals surface area contributed by atoms with Crippen LogP contribution in [0.5, 0.6) is 0 Å². The number of hydrogen-bond donors (Lipinski definition) is 1. The lowest BCUT2D eigenvalue weighted by Gasteiger charge is -2.27. The van der Waals surface area contributed by atoms with E-state index in [0.29, 0.717) is 5.92 Å². The first kappa shape index (κ1) is 12.7. The molecule has 1 aromatic heterocycles.